The molecule has 2 aromatic rings. The highest BCUT2D eigenvalue weighted by Crippen LogP contribution is 2.49. The molecule has 5 nitrogen and oxygen atoms in total. The van der Waals surface area contributed by atoms with E-state index in [9.17, 15) is 14.7 Å². The van der Waals surface area contributed by atoms with E-state index in [2.05, 4.69) is 15.9 Å². The van der Waals surface area contributed by atoms with Crippen LogP contribution >= 0.6 is 39.1 Å². The number of esters is 1. The molecule has 0 amide bonds. The first-order valence-electron chi connectivity index (χ1n) is 8.55. The molecular weight excluding hydrogens is 490 g/mol. The Morgan fingerprint density at radius 2 is 1.83 bits per heavy atom. The molecule has 1 heterocycles. The molecule has 3 rings (SSSR count). The van der Waals surface area contributed by atoms with Gasteiger partial charge in [-0.3, -0.25) is 0 Å². The van der Waals surface area contributed by atoms with Crippen molar-refractivity contribution in [3.8, 4) is 0 Å². The van der Waals surface area contributed by atoms with Gasteiger partial charge in [0.05, 0.1) is 17.0 Å². The Labute approximate surface area is 184 Å². The number of carbonyl (C=O) groups is 2. The standard InChI is InChI=1S/C20H16BrCl2FO5/c1-20(24)16(14-8-12(23)6-7-13(14)17(25)26)15(29-19(20)21)9-28-18(27)10-2-4-11(22)5-3-10/h2-8,15-16,19H,9H2,1H3,(H,25,26)/t15-,16+,19-,20+/m0/s1. The van der Waals surface area contributed by atoms with Gasteiger partial charge in [-0.05, 0) is 55.0 Å². The molecule has 0 unspecified atom stereocenters. The van der Waals surface area contributed by atoms with Gasteiger partial charge in [-0.15, -0.1) is 0 Å². The molecule has 0 bridgehead atoms. The van der Waals surface area contributed by atoms with Crippen LogP contribution < -0.4 is 0 Å². The third kappa shape index (κ3) is 4.58. The number of hydrogen-bond donors (Lipinski definition) is 1. The second-order valence-electron chi connectivity index (χ2n) is 6.76. The fourth-order valence-corrected chi connectivity index (χ4v) is 4.19. The molecule has 154 valence electrons. The van der Waals surface area contributed by atoms with Gasteiger partial charge in [-0.2, -0.15) is 0 Å². The number of hydrogen-bond acceptors (Lipinski definition) is 4. The summed E-state index contributed by atoms with van der Waals surface area (Å²) < 4.78 is 26.4. The maximum atomic E-state index is 15.5. The lowest BCUT2D eigenvalue weighted by molar-refractivity contribution is 0.00607. The summed E-state index contributed by atoms with van der Waals surface area (Å²) in [5, 5.41) is 9.22. The lowest BCUT2D eigenvalue weighted by Crippen LogP contribution is -2.35. The van der Waals surface area contributed by atoms with Crippen LogP contribution in [0.2, 0.25) is 10.0 Å². The predicted molar refractivity (Wildman–Crippen MR) is 110 cm³/mol. The van der Waals surface area contributed by atoms with Crippen LogP contribution in [0.4, 0.5) is 4.39 Å². The van der Waals surface area contributed by atoms with E-state index in [-0.39, 0.29) is 28.3 Å². The minimum atomic E-state index is -1.98. The molecule has 4 atom stereocenters. The van der Waals surface area contributed by atoms with Crippen molar-refractivity contribution in [1.82, 2.24) is 0 Å². The van der Waals surface area contributed by atoms with Gasteiger partial charge >= 0.3 is 11.9 Å². The Kier molecular flexibility index (Phi) is 6.53. The topological polar surface area (TPSA) is 72.8 Å². The number of ether oxygens (including phenoxy) is 2. The van der Waals surface area contributed by atoms with Crippen LogP contribution in [0.3, 0.4) is 0 Å². The zero-order chi connectivity index (χ0) is 21.3. The number of alkyl halides is 2. The van der Waals surface area contributed by atoms with E-state index in [1.165, 1.54) is 37.3 Å². The lowest BCUT2D eigenvalue weighted by Gasteiger charge is -2.27. The second kappa shape index (κ2) is 8.60. The van der Waals surface area contributed by atoms with E-state index in [1.807, 2.05) is 0 Å². The summed E-state index contributed by atoms with van der Waals surface area (Å²) in [5.41, 5.74) is -1.63. The summed E-state index contributed by atoms with van der Waals surface area (Å²) in [5.74, 6) is -2.88. The van der Waals surface area contributed by atoms with E-state index >= 15 is 4.39 Å². The number of carboxylic acids is 1. The minimum Gasteiger partial charge on any atom is -0.478 e. The number of aromatic carboxylic acids is 1. The Bertz CT molecular complexity index is 935. The summed E-state index contributed by atoms with van der Waals surface area (Å²) in [6.45, 7) is 1.02. The van der Waals surface area contributed by atoms with Crippen LogP contribution in [0.15, 0.2) is 42.5 Å². The third-order valence-electron chi connectivity index (χ3n) is 4.76. The largest absolute Gasteiger partial charge is 0.478 e. The van der Waals surface area contributed by atoms with Gasteiger partial charge in [0.2, 0.25) is 0 Å². The molecule has 9 heteroatoms. The molecule has 0 saturated carbocycles. The van der Waals surface area contributed by atoms with Crippen molar-refractivity contribution in [3.63, 3.8) is 0 Å². The molecule has 1 aliphatic heterocycles. The van der Waals surface area contributed by atoms with Crippen molar-refractivity contribution < 1.29 is 28.6 Å². The Balaban J connectivity index is 1.88. The molecule has 0 aromatic heterocycles. The van der Waals surface area contributed by atoms with E-state index in [4.69, 9.17) is 32.7 Å². The van der Waals surface area contributed by atoms with Gasteiger partial charge in [-0.25, -0.2) is 14.0 Å². The van der Waals surface area contributed by atoms with Crippen LogP contribution in [-0.4, -0.2) is 40.4 Å². The number of halogens is 4. The first-order chi connectivity index (χ1) is 13.6. The molecule has 1 fully saturated rings. The molecule has 0 aliphatic carbocycles. The monoisotopic (exact) mass is 504 g/mol. The Morgan fingerprint density at radius 3 is 2.45 bits per heavy atom. The molecule has 1 N–H and O–H groups in total. The van der Waals surface area contributed by atoms with Gasteiger partial charge in [0.15, 0.2) is 5.67 Å². The van der Waals surface area contributed by atoms with Crippen molar-refractivity contribution in [2.45, 2.75) is 29.6 Å². The predicted octanol–water partition coefficient (Wildman–Crippen LogP) is 5.48. The third-order valence-corrected chi connectivity index (χ3v) is 6.35. The maximum Gasteiger partial charge on any atom is 0.338 e. The van der Waals surface area contributed by atoms with Crippen LogP contribution in [0.5, 0.6) is 0 Å². The zero-order valence-electron chi connectivity index (χ0n) is 15.1. The van der Waals surface area contributed by atoms with Crippen LogP contribution in [0.1, 0.15) is 39.1 Å². The fraction of sp³-hybridized carbons (Fsp3) is 0.300. The minimum absolute atomic E-state index is 0.0949. The van der Waals surface area contributed by atoms with E-state index in [0.717, 1.165) is 0 Å². The van der Waals surface area contributed by atoms with Crippen molar-refractivity contribution >= 4 is 51.1 Å². The van der Waals surface area contributed by atoms with Crippen molar-refractivity contribution in [3.05, 3.63) is 69.2 Å². The van der Waals surface area contributed by atoms with E-state index in [1.54, 1.807) is 12.1 Å². The van der Waals surface area contributed by atoms with Crippen molar-refractivity contribution in [2.24, 2.45) is 0 Å². The average molecular weight is 506 g/mol. The molecule has 29 heavy (non-hydrogen) atoms. The number of rotatable bonds is 5. The quantitative estimate of drug-likeness (QED) is 0.430. The SMILES string of the molecule is C[C@@]1(F)[C@H](c2cc(Cl)ccc2C(=O)O)[C@H](COC(=O)c2ccc(Cl)cc2)O[C@@H]1Br. The summed E-state index contributed by atoms with van der Waals surface area (Å²) in [6.07, 6.45) is -0.929. The van der Waals surface area contributed by atoms with Crippen LogP contribution in [0.25, 0.3) is 0 Å². The summed E-state index contributed by atoms with van der Waals surface area (Å²) >= 11 is 15.0. The number of benzene rings is 2. The highest BCUT2D eigenvalue weighted by Gasteiger charge is 2.55. The molecule has 2 aromatic carbocycles. The molecule has 0 radical (unpaired) electrons. The van der Waals surface area contributed by atoms with E-state index in [0.29, 0.717) is 5.02 Å². The summed E-state index contributed by atoms with van der Waals surface area (Å²) in [6, 6.07) is 10.2. The maximum absolute atomic E-state index is 15.5. The average Bonchev–Trinajstić information content (AvgIpc) is 2.88. The van der Waals surface area contributed by atoms with E-state index < -0.39 is 34.6 Å². The van der Waals surface area contributed by atoms with Crippen LogP contribution in [0, 0.1) is 0 Å². The highest BCUT2D eigenvalue weighted by atomic mass is 79.9. The van der Waals surface area contributed by atoms with Gasteiger partial charge in [0.1, 0.15) is 17.7 Å². The number of carboxylic acid groups (broad SMARTS) is 1. The van der Waals surface area contributed by atoms with Gasteiger partial charge in [-0.1, -0.05) is 39.1 Å². The van der Waals surface area contributed by atoms with Gasteiger partial charge < -0.3 is 14.6 Å². The van der Waals surface area contributed by atoms with Gasteiger partial charge in [0.25, 0.3) is 0 Å². The van der Waals surface area contributed by atoms with Gasteiger partial charge in [0, 0.05) is 10.0 Å². The normalized spacial score (nSPS) is 26.3. The van der Waals surface area contributed by atoms with Crippen molar-refractivity contribution in [2.75, 3.05) is 6.61 Å². The highest BCUT2D eigenvalue weighted by molar-refractivity contribution is 9.09. The second-order valence-corrected chi connectivity index (χ2v) is 8.47. The Morgan fingerprint density at radius 1 is 1.21 bits per heavy atom. The van der Waals surface area contributed by atoms with Crippen molar-refractivity contribution in [1.29, 1.82) is 0 Å². The Hall–Kier alpha value is -1.67. The summed E-state index contributed by atoms with van der Waals surface area (Å²) in [4.78, 5) is 23.9. The molecule has 0 spiro atoms. The fourth-order valence-electron chi connectivity index (χ4n) is 3.32. The number of carbonyl (C=O) groups excluding carboxylic acids is 1. The molecule has 1 aliphatic rings. The van der Waals surface area contributed by atoms with Crippen LogP contribution in [-0.2, 0) is 9.47 Å². The first-order valence-corrected chi connectivity index (χ1v) is 10.2. The molecular formula is C20H16BrCl2FO5. The first kappa shape index (κ1) is 22.0. The summed E-state index contributed by atoms with van der Waals surface area (Å²) in [7, 11) is 0. The zero-order valence-corrected chi connectivity index (χ0v) is 18.2. The lowest BCUT2D eigenvalue weighted by atomic mass is 9.81. The molecule has 1 saturated heterocycles. The smallest absolute Gasteiger partial charge is 0.338 e.